The number of nitrogens with one attached hydrogen (secondary N) is 1. The fourth-order valence-electron chi connectivity index (χ4n) is 2.29. The number of aromatic nitrogens is 2. The molecule has 0 fully saturated rings. The molecule has 3 rings (SSSR count). The van der Waals surface area contributed by atoms with Crippen LogP contribution in [0.2, 0.25) is 5.02 Å². The van der Waals surface area contributed by atoms with E-state index in [1.54, 1.807) is 12.1 Å². The van der Waals surface area contributed by atoms with Crippen LogP contribution in [0.4, 0.5) is 13.2 Å². The van der Waals surface area contributed by atoms with Gasteiger partial charge in [0.05, 0.1) is 21.6 Å². The van der Waals surface area contributed by atoms with Crippen LogP contribution in [0.1, 0.15) is 0 Å². The highest BCUT2D eigenvalue weighted by molar-refractivity contribution is 6.32. The molecule has 1 aromatic heterocycles. The summed E-state index contributed by atoms with van der Waals surface area (Å²) in [7, 11) is 0. The molecule has 0 saturated carbocycles. The van der Waals surface area contributed by atoms with Crippen molar-refractivity contribution in [3.8, 4) is 11.4 Å². The number of benzene rings is 2. The number of ether oxygens (including phenoxy) is 1. The van der Waals surface area contributed by atoms with Crippen LogP contribution in [0.25, 0.3) is 16.6 Å². The molecule has 3 aromatic rings. The van der Waals surface area contributed by atoms with Crippen molar-refractivity contribution in [3.05, 3.63) is 68.3 Å². The molecule has 1 N–H and O–H groups in total. The summed E-state index contributed by atoms with van der Waals surface area (Å²) in [5.74, 6) is -0.555. The molecule has 9 heteroatoms. The zero-order chi connectivity index (χ0) is 17.5. The molecule has 2 aromatic carbocycles. The first-order chi connectivity index (χ1) is 11.3. The molecule has 5 nitrogen and oxygen atoms in total. The summed E-state index contributed by atoms with van der Waals surface area (Å²) >= 11 is 6.05. The minimum atomic E-state index is -4.90. The molecule has 0 bridgehead atoms. The zero-order valence-electron chi connectivity index (χ0n) is 11.7. The lowest BCUT2D eigenvalue weighted by Gasteiger charge is -2.13. The van der Waals surface area contributed by atoms with Crippen LogP contribution in [0, 0.1) is 0 Å². The van der Waals surface area contributed by atoms with E-state index in [0.717, 1.165) is 22.8 Å². The van der Waals surface area contributed by atoms with Gasteiger partial charge in [-0.1, -0.05) is 23.7 Å². The van der Waals surface area contributed by atoms with Crippen molar-refractivity contribution in [1.29, 1.82) is 0 Å². The molecule has 0 unspecified atom stereocenters. The lowest BCUT2D eigenvalue weighted by Crippen LogP contribution is -2.29. The van der Waals surface area contributed by atoms with Gasteiger partial charge in [0.2, 0.25) is 0 Å². The quantitative estimate of drug-likeness (QED) is 0.766. The average Bonchev–Trinajstić information content (AvgIpc) is 2.47. The van der Waals surface area contributed by atoms with E-state index in [1.807, 2.05) is 0 Å². The SMILES string of the molecule is O=c1[nH]c(=O)n(-c2ccccc2Cl)c2cc(OC(F)(F)F)ccc12. The first kappa shape index (κ1) is 16.1. The number of hydrogen-bond donors (Lipinski definition) is 1. The van der Waals surface area contributed by atoms with Gasteiger partial charge in [-0.15, -0.1) is 13.2 Å². The van der Waals surface area contributed by atoms with E-state index in [4.69, 9.17) is 11.6 Å². The Balaban J connectivity index is 2.36. The summed E-state index contributed by atoms with van der Waals surface area (Å²) in [6, 6.07) is 9.33. The van der Waals surface area contributed by atoms with Gasteiger partial charge in [-0.25, -0.2) is 4.79 Å². The Morgan fingerprint density at radius 1 is 1.08 bits per heavy atom. The molecule has 124 valence electrons. The lowest BCUT2D eigenvalue weighted by molar-refractivity contribution is -0.274. The van der Waals surface area contributed by atoms with Crippen LogP contribution >= 0.6 is 11.6 Å². The van der Waals surface area contributed by atoms with E-state index in [1.165, 1.54) is 12.1 Å². The molecule has 0 saturated heterocycles. The zero-order valence-corrected chi connectivity index (χ0v) is 12.5. The van der Waals surface area contributed by atoms with E-state index >= 15 is 0 Å². The Kier molecular flexibility index (Phi) is 3.84. The van der Waals surface area contributed by atoms with Crippen LogP contribution in [-0.4, -0.2) is 15.9 Å². The van der Waals surface area contributed by atoms with Gasteiger partial charge in [0.15, 0.2) is 0 Å². The number of fused-ring (bicyclic) bond motifs is 1. The van der Waals surface area contributed by atoms with Gasteiger partial charge in [0.25, 0.3) is 5.56 Å². The van der Waals surface area contributed by atoms with Crippen molar-refractivity contribution >= 4 is 22.5 Å². The number of nitrogens with zero attached hydrogens (tertiary/aromatic N) is 1. The third-order valence-electron chi connectivity index (χ3n) is 3.21. The molecule has 0 spiro atoms. The molecule has 0 atom stereocenters. The standard InChI is InChI=1S/C15H8ClF3N2O3/c16-10-3-1-2-4-11(10)21-12-7-8(24-15(17,18)19)5-6-9(12)13(22)20-14(21)23/h1-7H,(H,20,22,23). The van der Waals surface area contributed by atoms with Crippen molar-refractivity contribution in [3.63, 3.8) is 0 Å². The third-order valence-corrected chi connectivity index (χ3v) is 3.52. The number of halogens is 4. The van der Waals surface area contributed by atoms with Gasteiger partial charge in [-0.2, -0.15) is 0 Å². The highest BCUT2D eigenvalue weighted by Crippen LogP contribution is 2.27. The molecular weight excluding hydrogens is 349 g/mol. The number of alkyl halides is 3. The number of para-hydroxylation sites is 1. The summed E-state index contributed by atoms with van der Waals surface area (Å²) in [6.07, 6.45) is -4.90. The maximum absolute atomic E-state index is 12.4. The van der Waals surface area contributed by atoms with Crippen molar-refractivity contribution in [2.45, 2.75) is 6.36 Å². The Bertz CT molecular complexity index is 1040. The monoisotopic (exact) mass is 356 g/mol. The fraction of sp³-hybridized carbons (Fsp3) is 0.0667. The number of H-pyrrole nitrogens is 1. The second-order valence-electron chi connectivity index (χ2n) is 4.77. The van der Waals surface area contributed by atoms with Crippen molar-refractivity contribution < 1.29 is 17.9 Å². The Labute approximate surface area is 136 Å². The average molecular weight is 357 g/mol. The summed E-state index contributed by atoms with van der Waals surface area (Å²) in [4.78, 5) is 26.2. The van der Waals surface area contributed by atoms with E-state index in [2.05, 4.69) is 9.72 Å². The summed E-state index contributed by atoms with van der Waals surface area (Å²) in [6.45, 7) is 0. The smallest absolute Gasteiger partial charge is 0.406 e. The highest BCUT2D eigenvalue weighted by atomic mass is 35.5. The molecule has 1 heterocycles. The van der Waals surface area contributed by atoms with Crippen molar-refractivity contribution in [2.75, 3.05) is 0 Å². The molecule has 0 aliphatic carbocycles. The van der Waals surface area contributed by atoms with Gasteiger partial charge in [-0.05, 0) is 24.3 Å². The van der Waals surface area contributed by atoms with Crippen LogP contribution in [0.5, 0.6) is 5.75 Å². The van der Waals surface area contributed by atoms with Gasteiger partial charge in [0, 0.05) is 6.07 Å². The van der Waals surface area contributed by atoms with Gasteiger partial charge >= 0.3 is 12.1 Å². The topological polar surface area (TPSA) is 64.1 Å². The Morgan fingerprint density at radius 3 is 2.46 bits per heavy atom. The molecule has 0 aliphatic heterocycles. The van der Waals surface area contributed by atoms with E-state index in [-0.39, 0.29) is 21.6 Å². The summed E-state index contributed by atoms with van der Waals surface area (Å²) in [5.41, 5.74) is -1.39. The normalized spacial score (nSPS) is 11.7. The van der Waals surface area contributed by atoms with Crippen LogP contribution in [0.15, 0.2) is 52.1 Å². The van der Waals surface area contributed by atoms with Gasteiger partial charge in [0.1, 0.15) is 5.75 Å². The number of hydrogen-bond acceptors (Lipinski definition) is 3. The minimum Gasteiger partial charge on any atom is -0.406 e. The second kappa shape index (κ2) is 5.72. The summed E-state index contributed by atoms with van der Waals surface area (Å²) < 4.78 is 42.1. The van der Waals surface area contributed by atoms with Crippen LogP contribution < -0.4 is 16.0 Å². The molecule has 24 heavy (non-hydrogen) atoms. The van der Waals surface area contributed by atoms with E-state index in [0.29, 0.717) is 0 Å². The maximum atomic E-state index is 12.4. The first-order valence-corrected chi connectivity index (χ1v) is 6.94. The Hall–Kier alpha value is -2.74. The predicted molar refractivity (Wildman–Crippen MR) is 81.9 cm³/mol. The minimum absolute atomic E-state index is 0.0176. The van der Waals surface area contributed by atoms with Crippen molar-refractivity contribution in [2.24, 2.45) is 0 Å². The van der Waals surface area contributed by atoms with Crippen LogP contribution in [-0.2, 0) is 0 Å². The third kappa shape index (κ3) is 3.00. The molecule has 0 amide bonds. The highest BCUT2D eigenvalue weighted by Gasteiger charge is 2.31. The lowest BCUT2D eigenvalue weighted by atomic mass is 10.2. The van der Waals surface area contributed by atoms with E-state index < -0.39 is 23.4 Å². The van der Waals surface area contributed by atoms with Gasteiger partial charge < -0.3 is 4.74 Å². The second-order valence-corrected chi connectivity index (χ2v) is 5.18. The predicted octanol–water partition coefficient (Wildman–Crippen LogP) is 3.23. The fourth-order valence-corrected chi connectivity index (χ4v) is 2.51. The first-order valence-electron chi connectivity index (χ1n) is 6.56. The molecule has 0 aliphatic rings. The number of rotatable bonds is 2. The summed E-state index contributed by atoms with van der Waals surface area (Å²) in [5, 5.41) is 0.208. The molecular formula is C15H8ClF3N2O3. The van der Waals surface area contributed by atoms with Crippen molar-refractivity contribution in [1.82, 2.24) is 9.55 Å². The number of aromatic amines is 1. The maximum Gasteiger partial charge on any atom is 0.573 e. The van der Waals surface area contributed by atoms with E-state index in [9.17, 15) is 22.8 Å². The molecule has 0 radical (unpaired) electrons. The largest absolute Gasteiger partial charge is 0.573 e. The Morgan fingerprint density at radius 2 is 1.79 bits per heavy atom. The van der Waals surface area contributed by atoms with Gasteiger partial charge in [-0.3, -0.25) is 14.3 Å². The van der Waals surface area contributed by atoms with Crippen LogP contribution in [0.3, 0.4) is 0 Å².